The van der Waals surface area contributed by atoms with Crippen LogP contribution in [-0.2, 0) is 4.74 Å². The van der Waals surface area contributed by atoms with Gasteiger partial charge in [-0.3, -0.25) is 0 Å². The highest BCUT2D eigenvalue weighted by Gasteiger charge is 2.23. The third-order valence-corrected chi connectivity index (χ3v) is 1.97. The monoisotopic (exact) mass is 215 g/mol. The lowest BCUT2D eigenvalue weighted by molar-refractivity contribution is 0.177. The zero-order valence-electron chi connectivity index (χ0n) is 7.27. The summed E-state index contributed by atoms with van der Waals surface area (Å²) in [6.45, 7) is 0.351. The van der Waals surface area contributed by atoms with Gasteiger partial charge in [0, 0.05) is 0 Å². The number of alkyl carbamates (subject to hydrolysis) is 1. The molecule has 1 saturated heterocycles. The Hall–Kier alpha value is -1.42. The van der Waals surface area contributed by atoms with E-state index in [0.29, 0.717) is 6.61 Å². The molecule has 0 aromatic heterocycles. The first-order valence-electron chi connectivity index (χ1n) is 3.98. The Kier molecular flexibility index (Phi) is 3.19. The Bertz CT molecular complexity index is 325. The highest BCUT2D eigenvalue weighted by molar-refractivity contribution is 5.85. The molecule has 0 unspecified atom stereocenters. The summed E-state index contributed by atoms with van der Waals surface area (Å²) in [6, 6.07) is 6.59. The van der Waals surface area contributed by atoms with Gasteiger partial charge in [-0.1, -0.05) is 12.1 Å². The fourth-order valence-electron chi connectivity index (χ4n) is 1.27. The quantitative estimate of drug-likeness (QED) is 0.748. The summed E-state index contributed by atoms with van der Waals surface area (Å²) < 4.78 is 4.74. The molecule has 1 heterocycles. The third-order valence-electron chi connectivity index (χ3n) is 1.97. The molecule has 0 radical (unpaired) electrons. The standard InChI is InChI=1S/C9H9NO3.ClH/c11-7-3-1-6(2-4-7)8-5-13-9(12)10-8;/h1-4,8,11H,5H2,(H,10,12);1H/t8-;/m1./s1. The van der Waals surface area contributed by atoms with Crippen molar-refractivity contribution in [2.45, 2.75) is 6.04 Å². The van der Waals surface area contributed by atoms with Crippen molar-refractivity contribution in [2.24, 2.45) is 0 Å². The average molecular weight is 216 g/mol. The van der Waals surface area contributed by atoms with Crippen molar-refractivity contribution in [1.82, 2.24) is 5.32 Å². The average Bonchev–Trinajstić information content (AvgIpc) is 2.53. The van der Waals surface area contributed by atoms with Gasteiger partial charge in [-0.15, -0.1) is 12.4 Å². The summed E-state index contributed by atoms with van der Waals surface area (Å²) in [4.78, 5) is 10.7. The van der Waals surface area contributed by atoms with Crippen LogP contribution in [0.2, 0.25) is 0 Å². The molecule has 1 aromatic rings. The summed E-state index contributed by atoms with van der Waals surface area (Å²) in [5, 5.41) is 11.7. The van der Waals surface area contributed by atoms with Crippen LogP contribution in [0.3, 0.4) is 0 Å². The maximum Gasteiger partial charge on any atom is 0.407 e. The number of rotatable bonds is 1. The van der Waals surface area contributed by atoms with Crippen molar-refractivity contribution in [3.8, 4) is 5.75 Å². The molecule has 14 heavy (non-hydrogen) atoms. The SMILES string of the molecule is Cl.O=C1N[C@@H](c2ccc(O)cc2)CO1. The number of amides is 1. The number of hydrogen-bond acceptors (Lipinski definition) is 3. The zero-order chi connectivity index (χ0) is 9.26. The molecule has 0 saturated carbocycles. The van der Waals surface area contributed by atoms with Crippen molar-refractivity contribution in [3.63, 3.8) is 0 Å². The van der Waals surface area contributed by atoms with Crippen LogP contribution in [0.4, 0.5) is 4.79 Å². The summed E-state index contributed by atoms with van der Waals surface area (Å²) in [5.41, 5.74) is 0.934. The van der Waals surface area contributed by atoms with Crippen LogP contribution < -0.4 is 5.32 Å². The van der Waals surface area contributed by atoms with Gasteiger partial charge in [-0.25, -0.2) is 4.79 Å². The van der Waals surface area contributed by atoms with Gasteiger partial charge in [0.1, 0.15) is 12.4 Å². The molecule has 1 amide bonds. The van der Waals surface area contributed by atoms with E-state index in [1.165, 1.54) is 0 Å². The number of aromatic hydroxyl groups is 1. The molecule has 0 bridgehead atoms. The Morgan fingerprint density at radius 2 is 2.00 bits per heavy atom. The van der Waals surface area contributed by atoms with Gasteiger partial charge in [-0.2, -0.15) is 0 Å². The lowest BCUT2D eigenvalue weighted by Gasteiger charge is -2.06. The number of phenolic OH excluding ortho intramolecular Hbond substituents is 1. The van der Waals surface area contributed by atoms with Gasteiger partial charge in [0.05, 0.1) is 6.04 Å². The molecule has 1 aliphatic rings. The first-order valence-corrected chi connectivity index (χ1v) is 3.98. The molecule has 2 rings (SSSR count). The minimum Gasteiger partial charge on any atom is -0.508 e. The second-order valence-electron chi connectivity index (χ2n) is 2.89. The van der Waals surface area contributed by atoms with E-state index < -0.39 is 6.09 Å². The van der Waals surface area contributed by atoms with Crippen molar-refractivity contribution >= 4 is 18.5 Å². The van der Waals surface area contributed by atoms with Gasteiger partial charge in [0.2, 0.25) is 0 Å². The fraction of sp³-hybridized carbons (Fsp3) is 0.222. The number of carbonyl (C=O) groups is 1. The number of carbonyl (C=O) groups excluding carboxylic acids is 1. The van der Waals surface area contributed by atoms with Gasteiger partial charge in [0.25, 0.3) is 0 Å². The Morgan fingerprint density at radius 1 is 1.36 bits per heavy atom. The van der Waals surface area contributed by atoms with E-state index in [0.717, 1.165) is 5.56 Å². The molecule has 1 atom stereocenters. The number of hydrogen-bond donors (Lipinski definition) is 2. The van der Waals surface area contributed by atoms with E-state index in [1.807, 2.05) is 0 Å². The molecule has 5 heteroatoms. The van der Waals surface area contributed by atoms with E-state index in [9.17, 15) is 4.79 Å². The lowest BCUT2D eigenvalue weighted by atomic mass is 10.1. The molecule has 76 valence electrons. The van der Waals surface area contributed by atoms with Gasteiger partial charge >= 0.3 is 6.09 Å². The molecule has 4 nitrogen and oxygen atoms in total. The van der Waals surface area contributed by atoms with Crippen LogP contribution in [0.5, 0.6) is 5.75 Å². The fourth-order valence-corrected chi connectivity index (χ4v) is 1.27. The second kappa shape index (κ2) is 4.19. The number of halogens is 1. The molecule has 0 aliphatic carbocycles. The van der Waals surface area contributed by atoms with E-state index >= 15 is 0 Å². The normalized spacial score (nSPS) is 19.4. The van der Waals surface area contributed by atoms with E-state index in [1.54, 1.807) is 24.3 Å². The number of cyclic esters (lactones) is 1. The van der Waals surface area contributed by atoms with Crippen LogP contribution in [0.1, 0.15) is 11.6 Å². The van der Waals surface area contributed by atoms with Gasteiger partial charge < -0.3 is 15.2 Å². The molecule has 1 fully saturated rings. The number of phenols is 1. The summed E-state index contributed by atoms with van der Waals surface area (Å²) in [6.07, 6.45) is -0.391. The van der Waals surface area contributed by atoms with Gasteiger partial charge in [-0.05, 0) is 17.7 Å². The molecular weight excluding hydrogens is 206 g/mol. The molecule has 0 spiro atoms. The summed E-state index contributed by atoms with van der Waals surface area (Å²) >= 11 is 0. The highest BCUT2D eigenvalue weighted by atomic mass is 35.5. The van der Waals surface area contributed by atoms with Crippen LogP contribution in [0.25, 0.3) is 0 Å². The minimum absolute atomic E-state index is 0. The summed E-state index contributed by atoms with van der Waals surface area (Å²) in [7, 11) is 0. The van der Waals surface area contributed by atoms with Crippen LogP contribution in [0, 0.1) is 0 Å². The number of benzene rings is 1. The molecule has 1 aliphatic heterocycles. The summed E-state index contributed by atoms with van der Waals surface area (Å²) in [5.74, 6) is 0.217. The lowest BCUT2D eigenvalue weighted by Crippen LogP contribution is -2.17. The second-order valence-corrected chi connectivity index (χ2v) is 2.89. The molecular formula is C9H10ClNO3. The minimum atomic E-state index is -0.391. The smallest absolute Gasteiger partial charge is 0.407 e. The Labute approximate surface area is 87.3 Å². The van der Waals surface area contributed by atoms with Crippen molar-refractivity contribution in [2.75, 3.05) is 6.61 Å². The van der Waals surface area contributed by atoms with Crippen molar-refractivity contribution < 1.29 is 14.6 Å². The van der Waals surface area contributed by atoms with Crippen LogP contribution in [0.15, 0.2) is 24.3 Å². The van der Waals surface area contributed by atoms with E-state index in [2.05, 4.69) is 5.32 Å². The zero-order valence-corrected chi connectivity index (χ0v) is 8.08. The first kappa shape index (κ1) is 10.7. The Morgan fingerprint density at radius 3 is 2.50 bits per heavy atom. The van der Waals surface area contributed by atoms with E-state index in [4.69, 9.17) is 9.84 Å². The molecule has 1 aromatic carbocycles. The predicted molar refractivity (Wildman–Crippen MR) is 52.6 cm³/mol. The molecule has 2 N–H and O–H groups in total. The topological polar surface area (TPSA) is 58.6 Å². The Balaban J connectivity index is 0.000000980. The largest absolute Gasteiger partial charge is 0.508 e. The highest BCUT2D eigenvalue weighted by Crippen LogP contribution is 2.20. The number of ether oxygens (including phenoxy) is 1. The third kappa shape index (κ3) is 2.09. The maximum absolute atomic E-state index is 10.7. The first-order chi connectivity index (χ1) is 6.25. The number of nitrogens with one attached hydrogen (secondary N) is 1. The van der Waals surface area contributed by atoms with E-state index in [-0.39, 0.29) is 24.2 Å². The maximum atomic E-state index is 10.7. The van der Waals surface area contributed by atoms with Crippen molar-refractivity contribution in [3.05, 3.63) is 29.8 Å². The van der Waals surface area contributed by atoms with Crippen LogP contribution in [-0.4, -0.2) is 17.8 Å². The predicted octanol–water partition coefficient (Wildman–Crippen LogP) is 1.59. The van der Waals surface area contributed by atoms with Crippen molar-refractivity contribution in [1.29, 1.82) is 0 Å². The van der Waals surface area contributed by atoms with Gasteiger partial charge in [0.15, 0.2) is 0 Å². The van der Waals surface area contributed by atoms with Crippen LogP contribution >= 0.6 is 12.4 Å².